The number of Topliss-reactive ketones (excluding diaryl/α,β-unsaturated/α-hetero) is 1. The second-order valence-electron chi connectivity index (χ2n) is 9.29. The van der Waals surface area contributed by atoms with Crippen LogP contribution in [0, 0.1) is 22.7 Å². The first-order valence-electron chi connectivity index (χ1n) is 9.22. The highest BCUT2D eigenvalue weighted by Gasteiger charge is 2.67. The number of ether oxygens (including phenoxy) is 1. The molecule has 2 N–H and O–H groups in total. The largest absolute Gasteiger partial charge is 0.396 e. The Bertz CT molecular complexity index is 560. The van der Waals surface area contributed by atoms with Gasteiger partial charge in [-0.15, -0.1) is 6.58 Å². The number of carbonyl (C=O) groups excluding carboxylic acids is 1. The van der Waals surface area contributed by atoms with Crippen LogP contribution in [0.25, 0.3) is 0 Å². The Labute approximate surface area is 145 Å². The van der Waals surface area contributed by atoms with Crippen LogP contribution in [0.1, 0.15) is 59.8 Å². The van der Waals surface area contributed by atoms with Crippen molar-refractivity contribution in [2.24, 2.45) is 22.7 Å². The maximum absolute atomic E-state index is 13.1. The van der Waals surface area contributed by atoms with Gasteiger partial charge in [0.25, 0.3) is 0 Å². The Hall–Kier alpha value is -0.710. The molecule has 0 bridgehead atoms. The Morgan fingerprint density at radius 3 is 2.42 bits per heavy atom. The van der Waals surface area contributed by atoms with Gasteiger partial charge in [-0.05, 0) is 57.3 Å². The third-order valence-electron chi connectivity index (χ3n) is 7.64. The summed E-state index contributed by atoms with van der Waals surface area (Å²) in [6, 6.07) is 0. The number of fused-ring (bicyclic) bond motifs is 3. The molecule has 1 saturated heterocycles. The SMILES string of the molecule is C=C[C@@]1(C)CC[C@@H]2[C@@]3(C)C(=O)[C@H](O)C[C@@](C)(CO)[C@@H]3CC[C@@]2(C)O1. The Balaban J connectivity index is 2.05. The Morgan fingerprint density at radius 1 is 1.21 bits per heavy atom. The van der Waals surface area contributed by atoms with Crippen molar-refractivity contribution >= 4 is 5.78 Å². The lowest BCUT2D eigenvalue weighted by molar-refractivity contribution is -0.254. The van der Waals surface area contributed by atoms with Crippen LogP contribution in [-0.4, -0.2) is 39.9 Å². The molecule has 0 aromatic rings. The summed E-state index contributed by atoms with van der Waals surface area (Å²) in [7, 11) is 0. The lowest BCUT2D eigenvalue weighted by Gasteiger charge is -2.64. The van der Waals surface area contributed by atoms with Crippen LogP contribution in [0.15, 0.2) is 12.7 Å². The fourth-order valence-corrected chi connectivity index (χ4v) is 6.29. The van der Waals surface area contributed by atoms with Crippen LogP contribution < -0.4 is 0 Å². The lowest BCUT2D eigenvalue weighted by atomic mass is 9.43. The summed E-state index contributed by atoms with van der Waals surface area (Å²) in [5, 5.41) is 20.5. The molecule has 0 radical (unpaired) electrons. The smallest absolute Gasteiger partial charge is 0.167 e. The summed E-state index contributed by atoms with van der Waals surface area (Å²) in [5.74, 6) is 0.0888. The van der Waals surface area contributed by atoms with Crippen molar-refractivity contribution in [2.45, 2.75) is 77.1 Å². The van der Waals surface area contributed by atoms with E-state index in [-0.39, 0.29) is 29.8 Å². The van der Waals surface area contributed by atoms with E-state index in [9.17, 15) is 15.0 Å². The van der Waals surface area contributed by atoms with Gasteiger partial charge in [-0.1, -0.05) is 19.9 Å². The molecule has 2 aliphatic carbocycles. The number of rotatable bonds is 2. The summed E-state index contributed by atoms with van der Waals surface area (Å²) >= 11 is 0. The molecular weight excluding hydrogens is 304 g/mol. The fraction of sp³-hybridized carbons (Fsp3) is 0.850. The predicted octanol–water partition coefficient (Wildman–Crippen LogP) is 2.87. The third kappa shape index (κ3) is 2.26. The zero-order valence-corrected chi connectivity index (χ0v) is 15.5. The average Bonchev–Trinajstić information content (AvgIpc) is 2.52. The van der Waals surface area contributed by atoms with E-state index in [1.54, 1.807) is 0 Å². The van der Waals surface area contributed by atoms with E-state index in [0.717, 1.165) is 25.7 Å². The number of aliphatic hydroxyl groups excluding tert-OH is 2. The first-order valence-corrected chi connectivity index (χ1v) is 9.22. The molecular formula is C20H32O4. The van der Waals surface area contributed by atoms with Crippen molar-refractivity contribution in [1.29, 1.82) is 0 Å². The first-order chi connectivity index (χ1) is 11.0. The van der Waals surface area contributed by atoms with Gasteiger partial charge in [0, 0.05) is 17.9 Å². The molecule has 4 nitrogen and oxygen atoms in total. The van der Waals surface area contributed by atoms with Crippen molar-refractivity contribution in [3.05, 3.63) is 12.7 Å². The molecule has 0 aromatic carbocycles. The summed E-state index contributed by atoms with van der Waals surface area (Å²) in [6.07, 6.45) is 4.67. The molecule has 3 rings (SSSR count). The van der Waals surface area contributed by atoms with Crippen LogP contribution in [-0.2, 0) is 9.53 Å². The highest BCUT2D eigenvalue weighted by atomic mass is 16.5. The minimum Gasteiger partial charge on any atom is -0.396 e. The molecule has 3 fully saturated rings. The molecule has 2 saturated carbocycles. The Morgan fingerprint density at radius 2 is 1.83 bits per heavy atom. The van der Waals surface area contributed by atoms with Crippen molar-refractivity contribution in [1.82, 2.24) is 0 Å². The van der Waals surface area contributed by atoms with E-state index in [0.29, 0.717) is 6.42 Å². The molecule has 0 unspecified atom stereocenters. The van der Waals surface area contributed by atoms with E-state index in [1.165, 1.54) is 0 Å². The number of hydrogen-bond donors (Lipinski definition) is 2. The van der Waals surface area contributed by atoms with Gasteiger partial charge in [0.1, 0.15) is 6.10 Å². The molecule has 1 heterocycles. The van der Waals surface area contributed by atoms with Gasteiger partial charge >= 0.3 is 0 Å². The van der Waals surface area contributed by atoms with Crippen LogP contribution >= 0.6 is 0 Å². The molecule has 136 valence electrons. The highest BCUT2D eigenvalue weighted by Crippen LogP contribution is 2.64. The number of hydrogen-bond acceptors (Lipinski definition) is 4. The van der Waals surface area contributed by atoms with Crippen LogP contribution in [0.5, 0.6) is 0 Å². The molecule has 3 aliphatic rings. The zero-order valence-electron chi connectivity index (χ0n) is 15.5. The van der Waals surface area contributed by atoms with Gasteiger partial charge in [-0.25, -0.2) is 0 Å². The molecule has 0 aromatic heterocycles. The van der Waals surface area contributed by atoms with Gasteiger partial charge in [0.2, 0.25) is 0 Å². The van der Waals surface area contributed by atoms with Crippen molar-refractivity contribution in [3.8, 4) is 0 Å². The second-order valence-corrected chi connectivity index (χ2v) is 9.29. The number of carbonyl (C=O) groups is 1. The Kier molecular flexibility index (Phi) is 4.06. The molecule has 24 heavy (non-hydrogen) atoms. The summed E-state index contributed by atoms with van der Waals surface area (Å²) < 4.78 is 6.50. The van der Waals surface area contributed by atoms with Crippen LogP contribution in [0.3, 0.4) is 0 Å². The van der Waals surface area contributed by atoms with Crippen molar-refractivity contribution < 1.29 is 19.7 Å². The quantitative estimate of drug-likeness (QED) is 0.761. The number of ketones is 1. The van der Waals surface area contributed by atoms with E-state index in [1.807, 2.05) is 19.9 Å². The molecule has 0 amide bonds. The van der Waals surface area contributed by atoms with E-state index < -0.39 is 22.5 Å². The maximum atomic E-state index is 13.1. The van der Waals surface area contributed by atoms with Gasteiger partial charge in [0.15, 0.2) is 5.78 Å². The molecule has 0 spiro atoms. The van der Waals surface area contributed by atoms with Gasteiger partial charge < -0.3 is 14.9 Å². The number of aliphatic hydroxyl groups is 2. The normalized spacial score (nSPS) is 54.8. The highest BCUT2D eigenvalue weighted by molar-refractivity contribution is 5.90. The van der Waals surface area contributed by atoms with Crippen molar-refractivity contribution in [2.75, 3.05) is 6.61 Å². The maximum Gasteiger partial charge on any atom is 0.167 e. The first kappa shape index (κ1) is 18.1. The fourth-order valence-electron chi connectivity index (χ4n) is 6.29. The predicted molar refractivity (Wildman–Crippen MR) is 92.5 cm³/mol. The summed E-state index contributed by atoms with van der Waals surface area (Å²) in [5.41, 5.74) is -1.81. The lowest BCUT2D eigenvalue weighted by Crippen LogP contribution is -2.68. The third-order valence-corrected chi connectivity index (χ3v) is 7.64. The van der Waals surface area contributed by atoms with Gasteiger partial charge in [-0.2, -0.15) is 0 Å². The van der Waals surface area contributed by atoms with Gasteiger partial charge in [-0.3, -0.25) is 4.79 Å². The van der Waals surface area contributed by atoms with E-state index in [2.05, 4.69) is 20.4 Å². The van der Waals surface area contributed by atoms with E-state index >= 15 is 0 Å². The molecule has 7 atom stereocenters. The van der Waals surface area contributed by atoms with Crippen LogP contribution in [0.4, 0.5) is 0 Å². The van der Waals surface area contributed by atoms with Gasteiger partial charge in [0.05, 0.1) is 11.2 Å². The summed E-state index contributed by atoms with van der Waals surface area (Å²) in [4.78, 5) is 13.1. The second kappa shape index (κ2) is 5.39. The molecule has 4 heteroatoms. The zero-order chi connectivity index (χ0) is 18.0. The minimum absolute atomic E-state index is 0.00621. The van der Waals surface area contributed by atoms with Crippen LogP contribution in [0.2, 0.25) is 0 Å². The van der Waals surface area contributed by atoms with E-state index in [4.69, 9.17) is 4.74 Å². The topological polar surface area (TPSA) is 66.8 Å². The molecule has 1 aliphatic heterocycles. The van der Waals surface area contributed by atoms with Crippen molar-refractivity contribution in [3.63, 3.8) is 0 Å². The summed E-state index contributed by atoms with van der Waals surface area (Å²) in [6.45, 7) is 12.1. The standard InChI is InChI=1S/C20H32O4/c1-6-18(3)9-7-15-19(4,24-18)10-8-14-17(2,12-21)11-13(22)16(23)20(14,15)5/h6,13-15,21-22H,1,7-12H2,2-5H3/t13-,14+,15+,17+,18+,19-,20+/m1/s1. The average molecular weight is 336 g/mol. The minimum atomic E-state index is -0.988. The monoisotopic (exact) mass is 336 g/mol.